The predicted molar refractivity (Wildman–Crippen MR) is 91.6 cm³/mol. The van der Waals surface area contributed by atoms with E-state index in [2.05, 4.69) is 10.6 Å². The molecule has 0 unspecified atom stereocenters. The number of nitrogens with zero attached hydrogens (tertiary/aromatic N) is 1. The van der Waals surface area contributed by atoms with Crippen molar-refractivity contribution < 1.29 is 9.59 Å². The largest absolute Gasteiger partial charge is 0.326 e. The van der Waals surface area contributed by atoms with E-state index in [9.17, 15) is 9.59 Å². The van der Waals surface area contributed by atoms with E-state index >= 15 is 0 Å². The summed E-state index contributed by atoms with van der Waals surface area (Å²) >= 11 is 0. The third kappa shape index (κ3) is 3.91. The highest BCUT2D eigenvalue weighted by Crippen LogP contribution is 2.30. The van der Waals surface area contributed by atoms with Gasteiger partial charge in [0.15, 0.2) is 0 Å². The quantitative estimate of drug-likeness (QED) is 0.896. The number of rotatable bonds is 4. The maximum Gasteiger partial charge on any atom is 0.224 e. The fourth-order valence-electron chi connectivity index (χ4n) is 3.54. The highest BCUT2D eigenvalue weighted by atomic mass is 16.2. The zero-order valence-electron chi connectivity index (χ0n) is 13.7. The molecule has 0 bridgehead atoms. The minimum atomic E-state index is 0.0718. The maximum absolute atomic E-state index is 12.1. The number of benzene rings is 1. The van der Waals surface area contributed by atoms with Gasteiger partial charge in [0, 0.05) is 31.3 Å². The lowest BCUT2D eigenvalue weighted by Gasteiger charge is -2.22. The molecule has 2 N–H and O–H groups in total. The van der Waals surface area contributed by atoms with Crippen LogP contribution in [0.1, 0.15) is 38.2 Å². The molecule has 0 aromatic heterocycles. The molecule has 1 aromatic rings. The second-order valence-electron chi connectivity index (χ2n) is 6.54. The summed E-state index contributed by atoms with van der Waals surface area (Å²) in [5.41, 5.74) is 2.95. The van der Waals surface area contributed by atoms with Gasteiger partial charge in [-0.15, -0.1) is 0 Å². The molecule has 0 saturated carbocycles. The molecule has 2 aliphatic rings. The first kappa shape index (κ1) is 16.0. The number of nitrogens with one attached hydrogen (secondary N) is 2. The average molecular weight is 315 g/mol. The van der Waals surface area contributed by atoms with Crippen molar-refractivity contribution in [3.05, 3.63) is 23.8 Å². The van der Waals surface area contributed by atoms with E-state index in [-0.39, 0.29) is 11.8 Å². The smallest absolute Gasteiger partial charge is 0.224 e. The number of anilines is 2. The third-order valence-corrected chi connectivity index (χ3v) is 4.88. The van der Waals surface area contributed by atoms with E-state index in [4.69, 9.17) is 0 Å². The first-order valence-electron chi connectivity index (χ1n) is 8.55. The molecule has 5 nitrogen and oxygen atoms in total. The van der Waals surface area contributed by atoms with E-state index in [0.29, 0.717) is 12.3 Å². The van der Waals surface area contributed by atoms with Gasteiger partial charge in [-0.1, -0.05) is 0 Å². The molecule has 5 heteroatoms. The minimum Gasteiger partial charge on any atom is -0.326 e. The summed E-state index contributed by atoms with van der Waals surface area (Å²) in [6.07, 6.45) is 4.76. The summed E-state index contributed by atoms with van der Waals surface area (Å²) in [6.45, 7) is 4.47. The maximum atomic E-state index is 12.1. The van der Waals surface area contributed by atoms with Gasteiger partial charge in [0.05, 0.1) is 0 Å². The molecule has 23 heavy (non-hydrogen) atoms. The summed E-state index contributed by atoms with van der Waals surface area (Å²) < 4.78 is 0. The van der Waals surface area contributed by atoms with Crippen molar-refractivity contribution in [2.24, 2.45) is 5.92 Å². The molecule has 2 aliphatic heterocycles. The molecular formula is C18H25N3O2. The van der Waals surface area contributed by atoms with Gasteiger partial charge in [-0.3, -0.25) is 9.59 Å². The molecule has 124 valence electrons. The SMILES string of the molecule is CC(=O)N1CCc2cc(NC(=O)CCC3CCNCC3)ccc21. The molecule has 0 spiro atoms. The van der Waals surface area contributed by atoms with Crippen LogP contribution in [-0.2, 0) is 16.0 Å². The fourth-order valence-corrected chi connectivity index (χ4v) is 3.54. The molecular weight excluding hydrogens is 290 g/mol. The normalized spacial score (nSPS) is 17.9. The van der Waals surface area contributed by atoms with Gasteiger partial charge in [0.2, 0.25) is 11.8 Å². The number of fused-ring (bicyclic) bond motifs is 1. The van der Waals surface area contributed by atoms with Crippen molar-refractivity contribution in [2.75, 3.05) is 29.9 Å². The molecule has 2 amide bonds. The number of amides is 2. The Bertz CT molecular complexity index is 594. The van der Waals surface area contributed by atoms with Gasteiger partial charge < -0.3 is 15.5 Å². The van der Waals surface area contributed by atoms with Crippen molar-refractivity contribution >= 4 is 23.2 Å². The Labute approximate surface area is 137 Å². The van der Waals surface area contributed by atoms with Crippen molar-refractivity contribution in [2.45, 2.75) is 39.0 Å². The van der Waals surface area contributed by atoms with Crippen LogP contribution in [-0.4, -0.2) is 31.4 Å². The van der Waals surface area contributed by atoms with Gasteiger partial charge in [-0.2, -0.15) is 0 Å². The van der Waals surface area contributed by atoms with Gasteiger partial charge >= 0.3 is 0 Å². The van der Waals surface area contributed by atoms with Crippen LogP contribution in [0, 0.1) is 5.92 Å². The third-order valence-electron chi connectivity index (χ3n) is 4.88. The van der Waals surface area contributed by atoms with Crippen LogP contribution in [0.15, 0.2) is 18.2 Å². The van der Waals surface area contributed by atoms with Gasteiger partial charge in [-0.05, 0) is 68.5 Å². The Hall–Kier alpha value is -1.88. The van der Waals surface area contributed by atoms with E-state index in [1.54, 1.807) is 11.8 Å². The number of carbonyl (C=O) groups is 2. The molecule has 3 rings (SSSR count). The summed E-state index contributed by atoms with van der Waals surface area (Å²) in [7, 11) is 0. The van der Waals surface area contributed by atoms with Crippen LogP contribution in [0.3, 0.4) is 0 Å². The first-order chi connectivity index (χ1) is 11.1. The minimum absolute atomic E-state index is 0.0718. The monoisotopic (exact) mass is 315 g/mol. The van der Waals surface area contributed by atoms with Crippen LogP contribution < -0.4 is 15.5 Å². The molecule has 0 radical (unpaired) electrons. The van der Waals surface area contributed by atoms with Crippen LogP contribution >= 0.6 is 0 Å². The first-order valence-corrected chi connectivity index (χ1v) is 8.55. The fraction of sp³-hybridized carbons (Fsp3) is 0.556. The van der Waals surface area contributed by atoms with E-state index < -0.39 is 0 Å². The lowest BCUT2D eigenvalue weighted by molar-refractivity contribution is -0.117. The zero-order chi connectivity index (χ0) is 16.2. The van der Waals surface area contributed by atoms with Crippen LogP contribution in [0.2, 0.25) is 0 Å². The lowest BCUT2D eigenvalue weighted by atomic mass is 9.93. The highest BCUT2D eigenvalue weighted by molar-refractivity contribution is 5.95. The second-order valence-corrected chi connectivity index (χ2v) is 6.54. The highest BCUT2D eigenvalue weighted by Gasteiger charge is 2.22. The standard InChI is InChI=1S/C18H25N3O2/c1-13(22)21-11-8-15-12-16(3-4-17(15)21)20-18(23)5-2-14-6-9-19-10-7-14/h3-4,12,14,19H,2,5-11H2,1H3,(H,20,23). The molecule has 0 atom stereocenters. The number of hydrogen-bond donors (Lipinski definition) is 2. The van der Waals surface area contributed by atoms with Crippen LogP contribution in [0.25, 0.3) is 0 Å². The molecule has 1 saturated heterocycles. The van der Waals surface area contributed by atoms with E-state index in [0.717, 1.165) is 49.4 Å². The van der Waals surface area contributed by atoms with E-state index in [1.165, 1.54) is 12.8 Å². The van der Waals surface area contributed by atoms with Gasteiger partial charge in [0.1, 0.15) is 0 Å². The summed E-state index contributed by atoms with van der Waals surface area (Å²) in [5, 5.41) is 6.35. The van der Waals surface area contributed by atoms with Crippen molar-refractivity contribution in [1.82, 2.24) is 5.32 Å². The summed E-state index contributed by atoms with van der Waals surface area (Å²) in [4.78, 5) is 25.5. The van der Waals surface area contributed by atoms with Crippen molar-refractivity contribution in [3.63, 3.8) is 0 Å². The summed E-state index contributed by atoms with van der Waals surface area (Å²) in [5.74, 6) is 0.832. The zero-order valence-corrected chi connectivity index (χ0v) is 13.7. The Balaban J connectivity index is 1.54. The lowest BCUT2D eigenvalue weighted by Crippen LogP contribution is -2.28. The van der Waals surface area contributed by atoms with Crippen molar-refractivity contribution in [3.8, 4) is 0 Å². The Morgan fingerprint density at radius 1 is 1.30 bits per heavy atom. The number of piperidine rings is 1. The van der Waals surface area contributed by atoms with Crippen molar-refractivity contribution in [1.29, 1.82) is 0 Å². The molecule has 0 aliphatic carbocycles. The molecule has 1 aromatic carbocycles. The predicted octanol–water partition coefficient (Wildman–Crippen LogP) is 2.31. The van der Waals surface area contributed by atoms with Crippen LogP contribution in [0.4, 0.5) is 11.4 Å². The Morgan fingerprint density at radius 2 is 2.09 bits per heavy atom. The van der Waals surface area contributed by atoms with E-state index in [1.807, 2.05) is 18.2 Å². The number of carbonyl (C=O) groups excluding carboxylic acids is 2. The molecule has 2 heterocycles. The topological polar surface area (TPSA) is 61.4 Å². The number of hydrogen-bond acceptors (Lipinski definition) is 3. The Morgan fingerprint density at radius 3 is 2.83 bits per heavy atom. The van der Waals surface area contributed by atoms with Gasteiger partial charge in [0.25, 0.3) is 0 Å². The summed E-state index contributed by atoms with van der Waals surface area (Å²) in [6, 6.07) is 5.83. The van der Waals surface area contributed by atoms with Gasteiger partial charge in [-0.25, -0.2) is 0 Å². The van der Waals surface area contributed by atoms with Crippen LogP contribution in [0.5, 0.6) is 0 Å². The molecule has 1 fully saturated rings. The average Bonchev–Trinajstić information content (AvgIpc) is 2.97. The Kier molecular flexibility index (Phi) is 4.96. The second kappa shape index (κ2) is 7.13.